The summed E-state index contributed by atoms with van der Waals surface area (Å²) in [5.41, 5.74) is -2.70. The van der Waals surface area contributed by atoms with Crippen LogP contribution in [0, 0.1) is 0 Å². The van der Waals surface area contributed by atoms with Gasteiger partial charge in [0.1, 0.15) is 5.82 Å². The molecule has 0 spiro atoms. The van der Waals surface area contributed by atoms with E-state index in [0.717, 1.165) is 31.4 Å². The van der Waals surface area contributed by atoms with Crippen LogP contribution in [0.4, 0.5) is 43.9 Å². The number of rotatable bonds is 5. The lowest BCUT2D eigenvalue weighted by Crippen LogP contribution is -2.49. The zero-order valence-electron chi connectivity index (χ0n) is 22.1. The average Bonchev–Trinajstić information content (AvgIpc) is 3.44. The normalized spacial score (nSPS) is 16.5. The monoisotopic (exact) mass is 596 g/mol. The molecule has 2 aliphatic rings. The van der Waals surface area contributed by atoms with E-state index in [1.165, 1.54) is 35.4 Å². The summed E-state index contributed by atoms with van der Waals surface area (Å²) in [5.74, 6) is -2.33. The molecule has 3 aromatic rings. The van der Waals surface area contributed by atoms with Crippen molar-refractivity contribution in [2.24, 2.45) is 0 Å². The van der Waals surface area contributed by atoms with Gasteiger partial charge >= 0.3 is 12.4 Å². The third-order valence-corrected chi connectivity index (χ3v) is 7.08. The standard InChI is InChI=1S/C27H26F6N6O3/c28-26(29,30)19-7-3-2-6-18(19)24(41)38-14-12-37(13-15-38)20-9-8-17(16-34-20)35-23(40)21-22(27(31,32)33)36-25(42-21)39-10-4-1-5-11-39/h2-3,6-9,16H,1,4-5,10-15H2,(H,35,40). The lowest BCUT2D eigenvalue weighted by Gasteiger charge is -2.35. The van der Waals surface area contributed by atoms with E-state index >= 15 is 0 Å². The molecule has 0 atom stereocenters. The molecule has 9 nitrogen and oxygen atoms in total. The number of pyridine rings is 1. The van der Waals surface area contributed by atoms with E-state index in [4.69, 9.17) is 4.42 Å². The quantitative estimate of drug-likeness (QED) is 0.399. The van der Waals surface area contributed by atoms with Gasteiger partial charge in [-0.05, 0) is 43.5 Å². The molecular formula is C27H26F6N6O3. The first-order valence-electron chi connectivity index (χ1n) is 13.2. The Morgan fingerprint density at radius 3 is 2.12 bits per heavy atom. The van der Waals surface area contributed by atoms with Gasteiger partial charge in [-0.2, -0.15) is 31.3 Å². The van der Waals surface area contributed by atoms with Gasteiger partial charge in [0.15, 0.2) is 5.69 Å². The number of carbonyl (C=O) groups excluding carboxylic acids is 2. The summed E-state index contributed by atoms with van der Waals surface area (Å²) in [6, 6.07) is 7.36. The number of alkyl halides is 6. The maximum Gasteiger partial charge on any atom is 0.437 e. The van der Waals surface area contributed by atoms with Crippen molar-refractivity contribution in [3.63, 3.8) is 0 Å². The number of nitrogens with one attached hydrogen (secondary N) is 1. The predicted molar refractivity (Wildman–Crippen MR) is 139 cm³/mol. The number of hydrogen-bond donors (Lipinski definition) is 1. The van der Waals surface area contributed by atoms with E-state index in [0.29, 0.717) is 18.9 Å². The largest absolute Gasteiger partial charge is 0.437 e. The van der Waals surface area contributed by atoms with Gasteiger partial charge in [-0.3, -0.25) is 9.59 Å². The maximum absolute atomic E-state index is 13.6. The summed E-state index contributed by atoms with van der Waals surface area (Å²) in [5, 5.41) is 2.36. The molecule has 15 heteroatoms. The van der Waals surface area contributed by atoms with Gasteiger partial charge < -0.3 is 24.4 Å². The van der Waals surface area contributed by atoms with Crippen molar-refractivity contribution in [2.75, 3.05) is 54.4 Å². The van der Waals surface area contributed by atoms with Crippen molar-refractivity contribution in [1.29, 1.82) is 0 Å². The minimum atomic E-state index is -4.90. The lowest BCUT2D eigenvalue weighted by molar-refractivity contribution is -0.141. The van der Waals surface area contributed by atoms with Gasteiger partial charge in [-0.1, -0.05) is 12.1 Å². The van der Waals surface area contributed by atoms with Crippen molar-refractivity contribution < 1.29 is 40.3 Å². The van der Waals surface area contributed by atoms with E-state index in [1.54, 1.807) is 9.80 Å². The van der Waals surface area contributed by atoms with E-state index in [1.807, 2.05) is 0 Å². The van der Waals surface area contributed by atoms with Crippen LogP contribution in [-0.4, -0.2) is 66.0 Å². The fraction of sp³-hybridized carbons (Fsp3) is 0.407. The molecule has 2 aromatic heterocycles. The molecule has 2 amide bonds. The summed E-state index contributed by atoms with van der Waals surface area (Å²) >= 11 is 0. The molecule has 0 radical (unpaired) electrons. The molecule has 2 fully saturated rings. The molecule has 5 rings (SSSR count). The van der Waals surface area contributed by atoms with Crippen molar-refractivity contribution >= 4 is 29.3 Å². The highest BCUT2D eigenvalue weighted by molar-refractivity contribution is 6.03. The van der Waals surface area contributed by atoms with Crippen molar-refractivity contribution in [1.82, 2.24) is 14.9 Å². The Hall–Kier alpha value is -4.30. The Labute approximate surface area is 236 Å². The molecule has 0 saturated carbocycles. The van der Waals surface area contributed by atoms with Gasteiger partial charge in [0.05, 0.1) is 23.0 Å². The highest BCUT2D eigenvalue weighted by Crippen LogP contribution is 2.35. The summed E-state index contributed by atoms with van der Waals surface area (Å²) in [6.45, 7) is 1.82. The first-order chi connectivity index (χ1) is 19.9. The van der Waals surface area contributed by atoms with Crippen LogP contribution in [0.15, 0.2) is 47.0 Å². The van der Waals surface area contributed by atoms with Crippen LogP contribution in [0.2, 0.25) is 0 Å². The molecule has 42 heavy (non-hydrogen) atoms. The number of hydrogen-bond acceptors (Lipinski definition) is 7. The molecule has 0 bridgehead atoms. The summed E-state index contributed by atoms with van der Waals surface area (Å²) in [6.07, 6.45) is -5.79. The first kappa shape index (κ1) is 29.2. The fourth-order valence-corrected chi connectivity index (χ4v) is 4.94. The van der Waals surface area contributed by atoms with E-state index in [9.17, 15) is 35.9 Å². The minimum Gasteiger partial charge on any atom is -0.417 e. The highest BCUT2D eigenvalue weighted by atomic mass is 19.4. The molecular weight excluding hydrogens is 570 g/mol. The molecule has 4 heterocycles. The summed E-state index contributed by atoms with van der Waals surface area (Å²) < 4.78 is 86.2. The van der Waals surface area contributed by atoms with Crippen molar-refractivity contribution in [2.45, 2.75) is 31.6 Å². The smallest absolute Gasteiger partial charge is 0.417 e. The second-order valence-corrected chi connectivity index (χ2v) is 9.90. The number of benzene rings is 1. The molecule has 2 saturated heterocycles. The van der Waals surface area contributed by atoms with Gasteiger partial charge in [0.25, 0.3) is 17.8 Å². The molecule has 1 N–H and O–H groups in total. The van der Waals surface area contributed by atoms with Crippen LogP contribution in [0.5, 0.6) is 0 Å². The van der Waals surface area contributed by atoms with Gasteiger partial charge in [0, 0.05) is 39.3 Å². The number of aromatic nitrogens is 2. The maximum atomic E-state index is 13.6. The van der Waals surface area contributed by atoms with Gasteiger partial charge in [-0.15, -0.1) is 0 Å². The molecule has 224 valence electrons. The second kappa shape index (κ2) is 11.5. The third kappa shape index (κ3) is 6.29. The lowest BCUT2D eigenvalue weighted by atomic mass is 10.1. The first-order valence-corrected chi connectivity index (χ1v) is 13.2. The van der Waals surface area contributed by atoms with Crippen LogP contribution in [0.3, 0.4) is 0 Å². The Bertz CT molecular complexity index is 1430. The Morgan fingerprint density at radius 2 is 1.50 bits per heavy atom. The van der Waals surface area contributed by atoms with Crippen LogP contribution in [-0.2, 0) is 12.4 Å². The summed E-state index contributed by atoms with van der Waals surface area (Å²) in [4.78, 5) is 38.1. The molecule has 2 aliphatic heterocycles. The number of piperidine rings is 1. The number of halogens is 6. The number of nitrogens with zero attached hydrogens (tertiary/aromatic N) is 5. The SMILES string of the molecule is O=C(Nc1ccc(N2CCN(C(=O)c3ccccc3C(F)(F)F)CC2)nc1)c1oc(N2CCCCC2)nc1C(F)(F)F. The van der Waals surface area contributed by atoms with Crippen LogP contribution >= 0.6 is 0 Å². The number of anilines is 3. The number of oxazole rings is 1. The van der Waals surface area contributed by atoms with E-state index in [2.05, 4.69) is 15.3 Å². The average molecular weight is 597 g/mol. The fourth-order valence-electron chi connectivity index (χ4n) is 4.94. The van der Waals surface area contributed by atoms with Crippen molar-refractivity contribution in [3.05, 3.63) is 65.2 Å². The van der Waals surface area contributed by atoms with E-state index < -0.39 is 46.7 Å². The number of amides is 2. The molecule has 0 unspecified atom stereocenters. The predicted octanol–water partition coefficient (Wildman–Crippen LogP) is 5.31. The Morgan fingerprint density at radius 1 is 0.810 bits per heavy atom. The highest BCUT2D eigenvalue weighted by Gasteiger charge is 2.42. The number of piperazine rings is 1. The van der Waals surface area contributed by atoms with Crippen molar-refractivity contribution in [3.8, 4) is 0 Å². The Kier molecular flexibility index (Phi) is 8.01. The second-order valence-electron chi connectivity index (χ2n) is 9.90. The minimum absolute atomic E-state index is 0.116. The topological polar surface area (TPSA) is 94.8 Å². The summed E-state index contributed by atoms with van der Waals surface area (Å²) in [7, 11) is 0. The van der Waals surface area contributed by atoms with E-state index in [-0.39, 0.29) is 37.9 Å². The van der Waals surface area contributed by atoms with Gasteiger partial charge in [-0.25, -0.2) is 4.98 Å². The molecule has 1 aromatic carbocycles. The zero-order valence-corrected chi connectivity index (χ0v) is 22.1. The van der Waals surface area contributed by atoms with Gasteiger partial charge in [0.2, 0.25) is 5.76 Å². The van der Waals surface area contributed by atoms with Crippen LogP contribution in [0.1, 0.15) is 51.4 Å². The zero-order chi connectivity index (χ0) is 30.1. The van der Waals surface area contributed by atoms with Crippen LogP contribution < -0.4 is 15.1 Å². The van der Waals surface area contributed by atoms with Crippen LogP contribution in [0.25, 0.3) is 0 Å². The Balaban J connectivity index is 1.22. The molecule has 0 aliphatic carbocycles. The number of carbonyl (C=O) groups is 2. The third-order valence-electron chi connectivity index (χ3n) is 7.08.